The normalized spacial score (nSPS) is 13.3. The lowest BCUT2D eigenvalue weighted by Crippen LogP contribution is -1.99. The summed E-state index contributed by atoms with van der Waals surface area (Å²) in [6.07, 6.45) is 2.15. The highest BCUT2D eigenvalue weighted by molar-refractivity contribution is 8.00. The minimum absolute atomic E-state index is 0.213. The van der Waals surface area contributed by atoms with E-state index in [0.717, 1.165) is 16.5 Å². The van der Waals surface area contributed by atoms with Crippen LogP contribution in [0.2, 0.25) is 0 Å². The van der Waals surface area contributed by atoms with E-state index in [0.29, 0.717) is 0 Å². The Bertz CT molecular complexity index is 188. The predicted molar refractivity (Wildman–Crippen MR) is 46.9 cm³/mol. The molecule has 0 saturated carbocycles. The van der Waals surface area contributed by atoms with E-state index in [-0.39, 0.29) is 6.10 Å². The molecule has 3 nitrogen and oxygen atoms in total. The highest BCUT2D eigenvalue weighted by Crippen LogP contribution is 2.19. The van der Waals surface area contributed by atoms with Crippen LogP contribution in [0.25, 0.3) is 0 Å². The van der Waals surface area contributed by atoms with Gasteiger partial charge in [-0.3, -0.25) is 0 Å². The molecule has 5 heteroatoms. The Labute approximate surface area is 74.0 Å². The molecule has 1 atom stereocenters. The van der Waals surface area contributed by atoms with E-state index < -0.39 is 0 Å². The van der Waals surface area contributed by atoms with Crippen molar-refractivity contribution in [3.05, 3.63) is 6.33 Å². The lowest BCUT2D eigenvalue weighted by atomic mass is 10.3. The zero-order valence-corrected chi connectivity index (χ0v) is 7.86. The molecule has 0 bridgehead atoms. The van der Waals surface area contributed by atoms with Crippen molar-refractivity contribution in [2.75, 3.05) is 5.75 Å². The van der Waals surface area contributed by atoms with Crippen LogP contribution < -0.4 is 0 Å². The highest BCUT2D eigenvalue weighted by atomic mass is 32.2. The van der Waals surface area contributed by atoms with E-state index in [9.17, 15) is 0 Å². The maximum atomic E-state index is 8.94. The number of rotatable bonds is 4. The molecule has 1 rings (SSSR count). The molecular formula is C6H10N2OS2. The average Bonchev–Trinajstić information content (AvgIpc) is 2.39. The zero-order chi connectivity index (χ0) is 8.10. The Kier molecular flexibility index (Phi) is 3.82. The molecule has 0 radical (unpaired) electrons. The monoisotopic (exact) mass is 190 g/mol. The molecule has 1 unspecified atom stereocenters. The summed E-state index contributed by atoms with van der Waals surface area (Å²) in [5.74, 6) is 0.910. The van der Waals surface area contributed by atoms with Gasteiger partial charge < -0.3 is 5.11 Å². The van der Waals surface area contributed by atoms with Crippen molar-refractivity contribution in [2.45, 2.75) is 23.8 Å². The van der Waals surface area contributed by atoms with Crippen molar-refractivity contribution in [2.24, 2.45) is 0 Å². The summed E-state index contributed by atoms with van der Waals surface area (Å²) in [5.41, 5.74) is 0. The molecule has 1 N–H and O–H groups in total. The predicted octanol–water partition coefficient (Wildman–Crippen LogP) is 1.40. The number of hydrogen-bond donors (Lipinski definition) is 1. The Morgan fingerprint density at radius 2 is 2.64 bits per heavy atom. The summed E-state index contributed by atoms with van der Waals surface area (Å²) in [6, 6.07) is 0. The zero-order valence-electron chi connectivity index (χ0n) is 6.23. The maximum Gasteiger partial charge on any atom is 0.169 e. The third-order valence-electron chi connectivity index (χ3n) is 1.10. The van der Waals surface area contributed by atoms with Crippen molar-refractivity contribution < 1.29 is 5.11 Å². The fourth-order valence-electron chi connectivity index (χ4n) is 0.543. The summed E-state index contributed by atoms with van der Waals surface area (Å²) in [7, 11) is 0. The van der Waals surface area contributed by atoms with Gasteiger partial charge >= 0.3 is 0 Å². The molecule has 1 aromatic heterocycles. The molecule has 0 amide bonds. The molecule has 1 aromatic rings. The van der Waals surface area contributed by atoms with Gasteiger partial charge in [-0.15, -0.1) is 0 Å². The van der Waals surface area contributed by atoms with Crippen molar-refractivity contribution >= 4 is 23.3 Å². The van der Waals surface area contributed by atoms with Crippen LogP contribution >= 0.6 is 23.3 Å². The molecule has 0 aliphatic heterocycles. The average molecular weight is 190 g/mol. The molecule has 62 valence electrons. The first-order valence-corrected chi connectivity index (χ1v) is 5.12. The van der Waals surface area contributed by atoms with Crippen LogP contribution in [0.3, 0.4) is 0 Å². The van der Waals surface area contributed by atoms with Crippen molar-refractivity contribution in [3.8, 4) is 0 Å². The molecule has 0 spiro atoms. The summed E-state index contributed by atoms with van der Waals surface area (Å²) in [4.78, 5) is 4.00. The van der Waals surface area contributed by atoms with Gasteiger partial charge in [-0.1, -0.05) is 11.8 Å². The Hall–Kier alpha value is -0.130. The van der Waals surface area contributed by atoms with E-state index in [1.807, 2.05) is 0 Å². The lowest BCUT2D eigenvalue weighted by molar-refractivity contribution is 0.192. The van der Waals surface area contributed by atoms with Gasteiger partial charge in [0.2, 0.25) is 0 Å². The molecular weight excluding hydrogens is 180 g/mol. The SMILES string of the molecule is CC(O)CCSc1ncns1. The highest BCUT2D eigenvalue weighted by Gasteiger charge is 1.99. The van der Waals surface area contributed by atoms with Crippen molar-refractivity contribution in [1.82, 2.24) is 9.36 Å². The molecule has 0 aliphatic rings. The van der Waals surface area contributed by atoms with E-state index in [4.69, 9.17) is 5.11 Å². The number of aromatic nitrogens is 2. The molecule has 0 saturated heterocycles. The molecule has 0 aliphatic carbocycles. The van der Waals surface area contributed by atoms with Gasteiger partial charge in [-0.05, 0) is 24.9 Å². The second-order valence-electron chi connectivity index (χ2n) is 2.19. The van der Waals surface area contributed by atoms with E-state index in [1.165, 1.54) is 11.5 Å². The first-order valence-electron chi connectivity index (χ1n) is 3.36. The topological polar surface area (TPSA) is 46.0 Å². The minimum atomic E-state index is -0.213. The van der Waals surface area contributed by atoms with Crippen LogP contribution in [0.15, 0.2) is 10.7 Å². The van der Waals surface area contributed by atoms with Crippen molar-refractivity contribution in [1.29, 1.82) is 0 Å². The quantitative estimate of drug-likeness (QED) is 0.729. The van der Waals surface area contributed by atoms with Crippen LogP contribution in [0.4, 0.5) is 0 Å². The van der Waals surface area contributed by atoms with Gasteiger partial charge in [0, 0.05) is 5.75 Å². The van der Waals surface area contributed by atoms with Crippen molar-refractivity contribution in [3.63, 3.8) is 0 Å². The van der Waals surface area contributed by atoms with Gasteiger partial charge in [0.05, 0.1) is 6.10 Å². The van der Waals surface area contributed by atoms with Gasteiger partial charge in [0.15, 0.2) is 4.34 Å². The van der Waals surface area contributed by atoms with Crippen LogP contribution in [0.1, 0.15) is 13.3 Å². The largest absolute Gasteiger partial charge is 0.393 e. The fraction of sp³-hybridized carbons (Fsp3) is 0.667. The van der Waals surface area contributed by atoms with E-state index >= 15 is 0 Å². The number of aliphatic hydroxyl groups is 1. The second kappa shape index (κ2) is 4.69. The van der Waals surface area contributed by atoms with Gasteiger partial charge in [-0.25, -0.2) is 4.98 Å². The number of nitrogens with zero attached hydrogens (tertiary/aromatic N) is 2. The fourth-order valence-corrected chi connectivity index (χ4v) is 2.17. The Balaban J connectivity index is 2.14. The van der Waals surface area contributed by atoms with Crippen LogP contribution in [0, 0.1) is 0 Å². The summed E-state index contributed by atoms with van der Waals surface area (Å²) >= 11 is 3.04. The molecule has 11 heavy (non-hydrogen) atoms. The van der Waals surface area contributed by atoms with Crippen LogP contribution in [-0.2, 0) is 0 Å². The first kappa shape index (κ1) is 8.96. The standard InChI is InChI=1S/C6H10N2OS2/c1-5(9)2-3-10-6-7-4-8-11-6/h4-5,9H,2-3H2,1H3. The minimum Gasteiger partial charge on any atom is -0.393 e. The van der Waals surface area contributed by atoms with Crippen LogP contribution in [-0.4, -0.2) is 26.3 Å². The third-order valence-corrected chi connectivity index (χ3v) is 2.93. The summed E-state index contributed by atoms with van der Waals surface area (Å²) in [5, 5.41) is 8.94. The van der Waals surface area contributed by atoms with Gasteiger partial charge in [0.1, 0.15) is 6.33 Å². The summed E-state index contributed by atoms with van der Waals surface area (Å²) in [6.45, 7) is 1.79. The third kappa shape index (κ3) is 3.69. The maximum absolute atomic E-state index is 8.94. The van der Waals surface area contributed by atoms with Gasteiger partial charge in [0.25, 0.3) is 0 Å². The van der Waals surface area contributed by atoms with E-state index in [2.05, 4.69) is 9.36 Å². The second-order valence-corrected chi connectivity index (χ2v) is 4.32. The van der Waals surface area contributed by atoms with Crippen LogP contribution in [0.5, 0.6) is 0 Å². The van der Waals surface area contributed by atoms with Gasteiger partial charge in [-0.2, -0.15) is 4.37 Å². The molecule has 1 heterocycles. The first-order chi connectivity index (χ1) is 5.29. The lowest BCUT2D eigenvalue weighted by Gasteiger charge is -1.99. The van der Waals surface area contributed by atoms with E-state index in [1.54, 1.807) is 25.0 Å². The Morgan fingerprint density at radius 1 is 1.82 bits per heavy atom. The number of aliphatic hydroxyl groups excluding tert-OH is 1. The molecule has 0 fully saturated rings. The smallest absolute Gasteiger partial charge is 0.169 e. The Morgan fingerprint density at radius 3 is 3.18 bits per heavy atom. The molecule has 0 aromatic carbocycles. The number of hydrogen-bond acceptors (Lipinski definition) is 5. The number of thioether (sulfide) groups is 1. The summed E-state index contributed by atoms with van der Waals surface area (Å²) < 4.78 is 4.84.